The first-order valence-electron chi connectivity index (χ1n) is 5.13. The first kappa shape index (κ1) is 18.4. The van der Waals surface area contributed by atoms with E-state index in [0.717, 1.165) is 0 Å². The number of amides is 1. The van der Waals surface area contributed by atoms with Gasteiger partial charge in [-0.25, -0.2) is 0 Å². The number of aliphatic hydroxyl groups excluding tert-OH is 1. The maximum Gasteiger partial charge on any atom is 0.237 e. The lowest BCUT2D eigenvalue weighted by Crippen LogP contribution is -2.50. The van der Waals surface area contributed by atoms with E-state index in [2.05, 4.69) is 5.32 Å². The normalized spacial score (nSPS) is 16.2. The minimum Gasteiger partial charge on any atom is -0.395 e. The zero-order valence-corrected chi connectivity index (χ0v) is 11.9. The Kier molecular flexibility index (Phi) is 10.5. The van der Waals surface area contributed by atoms with Gasteiger partial charge in [0.2, 0.25) is 5.91 Å². The Morgan fingerprint density at radius 2 is 1.94 bits per heavy atom. The molecule has 0 rings (SSSR count). The molecule has 0 radical (unpaired) electrons. The van der Waals surface area contributed by atoms with Crippen molar-refractivity contribution in [3.63, 3.8) is 0 Å². The average Bonchev–Trinajstić information content (AvgIpc) is 2.18. The second kappa shape index (κ2) is 9.10. The van der Waals surface area contributed by atoms with Crippen LogP contribution in [0.3, 0.4) is 0 Å². The topological polar surface area (TPSA) is 75.3 Å². The molecule has 4 nitrogen and oxygen atoms in total. The number of halogens is 1. The molecule has 0 aliphatic heterocycles. The van der Waals surface area contributed by atoms with Crippen molar-refractivity contribution in [2.75, 3.05) is 12.9 Å². The quantitative estimate of drug-likeness (QED) is 0.661. The lowest BCUT2D eigenvalue weighted by molar-refractivity contribution is -0.123. The summed E-state index contributed by atoms with van der Waals surface area (Å²) in [5.41, 5.74) is 5.71. The fourth-order valence-electron chi connectivity index (χ4n) is 1.15. The molecule has 0 aliphatic rings. The van der Waals surface area contributed by atoms with Crippen LogP contribution in [-0.2, 0) is 4.79 Å². The standard InChI is InChI=1S/C10H22N2O2S.ClH/c1-6(2)9(11)10(14)12-7(3)8(5-13)15-4;/h6-9,13H,5,11H2,1-4H3,(H,12,14);1H/t7?,8?,9-;/m0./s1. The van der Waals surface area contributed by atoms with Crippen molar-refractivity contribution in [2.24, 2.45) is 11.7 Å². The highest BCUT2D eigenvalue weighted by Crippen LogP contribution is 2.10. The largest absolute Gasteiger partial charge is 0.395 e. The van der Waals surface area contributed by atoms with Gasteiger partial charge < -0.3 is 16.2 Å². The summed E-state index contributed by atoms with van der Waals surface area (Å²) in [5.74, 6) is -0.0240. The van der Waals surface area contributed by atoms with Crippen LogP contribution in [0.1, 0.15) is 20.8 Å². The van der Waals surface area contributed by atoms with Gasteiger partial charge in [0.15, 0.2) is 0 Å². The third-order valence-corrected chi connectivity index (χ3v) is 3.59. The number of rotatable bonds is 6. The van der Waals surface area contributed by atoms with Crippen LogP contribution in [0.25, 0.3) is 0 Å². The molecule has 0 bridgehead atoms. The summed E-state index contributed by atoms with van der Waals surface area (Å²) < 4.78 is 0. The first-order chi connectivity index (χ1) is 6.93. The number of hydrogen-bond donors (Lipinski definition) is 3. The Morgan fingerprint density at radius 3 is 2.25 bits per heavy atom. The third kappa shape index (κ3) is 5.94. The molecular formula is C10H23ClN2O2S. The van der Waals surface area contributed by atoms with Gasteiger partial charge >= 0.3 is 0 Å². The van der Waals surface area contributed by atoms with Gasteiger partial charge in [-0.05, 0) is 19.1 Å². The zero-order valence-electron chi connectivity index (χ0n) is 10.3. The molecular weight excluding hydrogens is 248 g/mol. The lowest BCUT2D eigenvalue weighted by Gasteiger charge is -2.24. The van der Waals surface area contributed by atoms with Crippen molar-refractivity contribution < 1.29 is 9.90 Å². The molecule has 4 N–H and O–H groups in total. The van der Waals surface area contributed by atoms with Gasteiger partial charge in [-0.2, -0.15) is 11.8 Å². The van der Waals surface area contributed by atoms with Crippen LogP contribution in [-0.4, -0.2) is 41.2 Å². The third-order valence-electron chi connectivity index (χ3n) is 2.43. The Bertz CT molecular complexity index is 201. The van der Waals surface area contributed by atoms with E-state index in [1.54, 1.807) is 0 Å². The fraction of sp³-hybridized carbons (Fsp3) is 0.900. The molecule has 0 aliphatic carbocycles. The highest BCUT2D eigenvalue weighted by molar-refractivity contribution is 7.99. The molecule has 6 heteroatoms. The lowest BCUT2D eigenvalue weighted by atomic mass is 10.0. The van der Waals surface area contributed by atoms with Crippen LogP contribution in [0.5, 0.6) is 0 Å². The van der Waals surface area contributed by atoms with E-state index >= 15 is 0 Å². The Hall–Kier alpha value is 0.0300. The second-order valence-electron chi connectivity index (χ2n) is 4.02. The summed E-state index contributed by atoms with van der Waals surface area (Å²) in [7, 11) is 0. The number of nitrogens with one attached hydrogen (secondary N) is 1. The summed E-state index contributed by atoms with van der Waals surface area (Å²) in [6.45, 7) is 5.75. The summed E-state index contributed by atoms with van der Waals surface area (Å²) in [6, 6.07) is -0.545. The molecule has 2 unspecified atom stereocenters. The summed E-state index contributed by atoms with van der Waals surface area (Å²) in [5, 5.41) is 11.9. The van der Waals surface area contributed by atoms with E-state index in [-0.39, 0.29) is 42.1 Å². The summed E-state index contributed by atoms with van der Waals surface area (Å²) in [4.78, 5) is 11.6. The van der Waals surface area contributed by atoms with Gasteiger partial charge in [-0.3, -0.25) is 4.79 Å². The van der Waals surface area contributed by atoms with Gasteiger partial charge in [0, 0.05) is 11.3 Å². The summed E-state index contributed by atoms with van der Waals surface area (Å²) in [6.07, 6.45) is 1.91. The van der Waals surface area contributed by atoms with Crippen LogP contribution < -0.4 is 11.1 Å². The van der Waals surface area contributed by atoms with Crippen molar-refractivity contribution in [3.8, 4) is 0 Å². The van der Waals surface area contributed by atoms with E-state index < -0.39 is 6.04 Å². The number of aliphatic hydroxyl groups is 1. The molecule has 0 fully saturated rings. The maximum absolute atomic E-state index is 11.6. The highest BCUT2D eigenvalue weighted by Gasteiger charge is 2.22. The van der Waals surface area contributed by atoms with Crippen LogP contribution in [0, 0.1) is 5.92 Å². The molecule has 0 saturated heterocycles. The maximum atomic E-state index is 11.6. The number of carbonyl (C=O) groups is 1. The van der Waals surface area contributed by atoms with Gasteiger partial charge in [0.1, 0.15) is 0 Å². The van der Waals surface area contributed by atoms with Crippen molar-refractivity contribution in [3.05, 3.63) is 0 Å². The van der Waals surface area contributed by atoms with E-state index in [0.29, 0.717) is 0 Å². The van der Waals surface area contributed by atoms with Crippen molar-refractivity contribution in [1.82, 2.24) is 5.32 Å². The van der Waals surface area contributed by atoms with Crippen LogP contribution in [0.4, 0.5) is 0 Å². The van der Waals surface area contributed by atoms with Crippen LogP contribution >= 0.6 is 24.2 Å². The van der Waals surface area contributed by atoms with E-state index in [4.69, 9.17) is 10.8 Å². The molecule has 0 spiro atoms. The predicted molar refractivity (Wildman–Crippen MR) is 72.1 cm³/mol. The molecule has 1 amide bonds. The smallest absolute Gasteiger partial charge is 0.237 e. The average molecular weight is 271 g/mol. The van der Waals surface area contributed by atoms with Gasteiger partial charge in [-0.1, -0.05) is 13.8 Å². The van der Waals surface area contributed by atoms with Crippen molar-refractivity contribution in [2.45, 2.75) is 38.1 Å². The molecule has 0 aromatic carbocycles. The number of carbonyl (C=O) groups excluding carboxylic acids is 1. The van der Waals surface area contributed by atoms with Gasteiger partial charge in [0.05, 0.1) is 12.6 Å². The van der Waals surface area contributed by atoms with Crippen LogP contribution in [0.15, 0.2) is 0 Å². The minimum absolute atomic E-state index is 0. The molecule has 0 aromatic rings. The van der Waals surface area contributed by atoms with Crippen LogP contribution in [0.2, 0.25) is 0 Å². The molecule has 0 heterocycles. The SMILES string of the molecule is CSC(CO)C(C)NC(=O)[C@@H](N)C(C)C.Cl. The zero-order chi connectivity index (χ0) is 12.0. The highest BCUT2D eigenvalue weighted by atomic mass is 35.5. The Balaban J connectivity index is 0. The number of nitrogens with two attached hydrogens (primary N) is 1. The van der Waals surface area contributed by atoms with Crippen molar-refractivity contribution in [1.29, 1.82) is 0 Å². The Labute approximate surface area is 108 Å². The fourth-order valence-corrected chi connectivity index (χ4v) is 1.78. The second-order valence-corrected chi connectivity index (χ2v) is 5.10. The van der Waals surface area contributed by atoms with Gasteiger partial charge in [0.25, 0.3) is 0 Å². The van der Waals surface area contributed by atoms with Crippen molar-refractivity contribution >= 4 is 30.1 Å². The Morgan fingerprint density at radius 1 is 1.44 bits per heavy atom. The monoisotopic (exact) mass is 270 g/mol. The summed E-state index contributed by atoms with van der Waals surface area (Å²) >= 11 is 1.53. The predicted octanol–water partition coefficient (Wildman–Crippen LogP) is 0.620. The van der Waals surface area contributed by atoms with Gasteiger partial charge in [-0.15, -0.1) is 12.4 Å². The van der Waals surface area contributed by atoms with E-state index in [9.17, 15) is 4.79 Å². The first-order valence-corrected chi connectivity index (χ1v) is 6.42. The molecule has 0 aromatic heterocycles. The molecule has 3 atom stereocenters. The molecule has 16 heavy (non-hydrogen) atoms. The molecule has 98 valence electrons. The van der Waals surface area contributed by atoms with E-state index in [1.165, 1.54) is 11.8 Å². The number of hydrogen-bond acceptors (Lipinski definition) is 4. The molecule has 0 saturated carbocycles. The number of thioether (sulfide) groups is 1. The minimum atomic E-state index is -0.478. The van der Waals surface area contributed by atoms with E-state index in [1.807, 2.05) is 27.0 Å².